The molecule has 0 saturated heterocycles. The van der Waals surface area contributed by atoms with Crippen LogP contribution in [0, 0.1) is 0 Å². The maximum atomic E-state index is 7.47. The Hall–Kier alpha value is -0.300. The van der Waals surface area contributed by atoms with E-state index >= 15 is 0 Å². The molecule has 0 N–H and O–H groups in total. The summed E-state index contributed by atoms with van der Waals surface area (Å²) in [5.74, 6) is 0. The molecule has 0 radical (unpaired) electrons. The predicted molar refractivity (Wildman–Crippen MR) is 43.5 cm³/mol. The zero-order chi connectivity index (χ0) is 10.1. The topological polar surface area (TPSA) is 0 Å². The van der Waals surface area contributed by atoms with Crippen LogP contribution in [0.1, 0.15) is 17.9 Å². The highest BCUT2D eigenvalue weighted by atomic mass is 79.9. The quantitative estimate of drug-likeness (QED) is 0.636. The van der Waals surface area contributed by atoms with Crippen LogP contribution in [0.4, 0.5) is 0 Å². The van der Waals surface area contributed by atoms with Crippen molar-refractivity contribution < 1.29 is 5.48 Å². The molecule has 1 aromatic rings. The average Bonchev–Trinajstić information content (AvgIpc) is 2.04. The molecule has 0 aliphatic heterocycles. The summed E-state index contributed by atoms with van der Waals surface area (Å²) < 4.78 is 29.9. The standard InChI is InChI=1S/C8H9Br/c1-2-7-3-5-8(9)6-4-7/h3-6H,2H2,1H3/i1D2,2D2. The summed E-state index contributed by atoms with van der Waals surface area (Å²) in [6.07, 6.45) is -1.90. The van der Waals surface area contributed by atoms with Crippen molar-refractivity contribution >= 4 is 15.9 Å². The van der Waals surface area contributed by atoms with Gasteiger partial charge in [-0.3, -0.25) is 0 Å². The van der Waals surface area contributed by atoms with Gasteiger partial charge in [-0.05, 0) is 24.1 Å². The third kappa shape index (κ3) is 1.83. The van der Waals surface area contributed by atoms with Crippen molar-refractivity contribution in [2.75, 3.05) is 0 Å². The zero-order valence-corrected chi connectivity index (χ0v) is 6.35. The van der Waals surface area contributed by atoms with E-state index in [0.717, 1.165) is 4.47 Å². The number of benzene rings is 1. The lowest BCUT2D eigenvalue weighted by molar-refractivity contribution is 1.14. The number of aryl methyl sites for hydroxylation is 1. The van der Waals surface area contributed by atoms with Gasteiger partial charge in [0.25, 0.3) is 0 Å². The Morgan fingerprint density at radius 1 is 1.56 bits per heavy atom. The molecule has 0 unspecified atom stereocenters. The molecule has 9 heavy (non-hydrogen) atoms. The molecular weight excluding hydrogens is 176 g/mol. The number of halogens is 1. The van der Waals surface area contributed by atoms with Gasteiger partial charge in [-0.25, -0.2) is 0 Å². The lowest BCUT2D eigenvalue weighted by Crippen LogP contribution is -1.75. The van der Waals surface area contributed by atoms with Gasteiger partial charge in [0.15, 0.2) is 0 Å². The summed E-state index contributed by atoms with van der Waals surface area (Å²) in [5.41, 5.74) is 0.366. The summed E-state index contributed by atoms with van der Waals surface area (Å²) in [6.45, 7) is -1.51. The largest absolute Gasteiger partial charge is 0.0613 e. The van der Waals surface area contributed by atoms with Crippen LogP contribution in [-0.4, -0.2) is 0 Å². The van der Waals surface area contributed by atoms with E-state index < -0.39 is 13.2 Å². The predicted octanol–water partition coefficient (Wildman–Crippen LogP) is 3.01. The Balaban J connectivity index is 3.01. The van der Waals surface area contributed by atoms with E-state index in [-0.39, 0.29) is 0 Å². The Kier molecular flexibility index (Phi) is 1.07. The third-order valence-corrected chi connectivity index (χ3v) is 1.54. The van der Waals surface area contributed by atoms with Gasteiger partial charge in [-0.2, -0.15) is 0 Å². The van der Waals surface area contributed by atoms with Crippen molar-refractivity contribution in [3.05, 3.63) is 34.3 Å². The lowest BCUT2D eigenvalue weighted by Gasteiger charge is -1.93. The molecule has 0 heterocycles. The van der Waals surface area contributed by atoms with Crippen LogP contribution < -0.4 is 0 Å². The highest BCUT2D eigenvalue weighted by Gasteiger charge is 1.86. The maximum absolute atomic E-state index is 7.47. The minimum Gasteiger partial charge on any atom is -0.0613 e. The fraction of sp³-hybridized carbons (Fsp3) is 0.250. The molecule has 0 bridgehead atoms. The van der Waals surface area contributed by atoms with Gasteiger partial charge in [0.05, 0.1) is 0 Å². The summed E-state index contributed by atoms with van der Waals surface area (Å²) >= 11 is 3.23. The Morgan fingerprint density at radius 2 is 2.22 bits per heavy atom. The monoisotopic (exact) mass is 188 g/mol. The van der Waals surface area contributed by atoms with E-state index in [2.05, 4.69) is 15.9 Å². The van der Waals surface area contributed by atoms with Crippen LogP contribution in [0.15, 0.2) is 28.7 Å². The van der Waals surface area contributed by atoms with Crippen LogP contribution in [0.3, 0.4) is 0 Å². The first-order chi connectivity index (χ1) is 5.94. The summed E-state index contributed by atoms with van der Waals surface area (Å²) in [6, 6.07) is 6.57. The van der Waals surface area contributed by atoms with E-state index in [1.165, 1.54) is 0 Å². The molecule has 1 aromatic carbocycles. The first kappa shape index (κ1) is 3.20. The van der Waals surface area contributed by atoms with Gasteiger partial charge in [-0.15, -0.1) is 0 Å². The molecule has 0 nitrogen and oxygen atoms in total. The number of rotatable bonds is 1. The number of hydrogen-bond donors (Lipinski definition) is 0. The maximum Gasteiger partial charge on any atom is 0.0313 e. The Labute approximate surface area is 69.6 Å². The molecule has 0 saturated carbocycles. The van der Waals surface area contributed by atoms with Crippen molar-refractivity contribution in [1.29, 1.82) is 0 Å². The molecule has 0 aliphatic carbocycles. The number of hydrogen-bond acceptors (Lipinski definition) is 0. The highest BCUT2D eigenvalue weighted by molar-refractivity contribution is 9.10. The highest BCUT2D eigenvalue weighted by Crippen LogP contribution is 2.10. The normalized spacial score (nSPS) is 18.0. The fourth-order valence-electron chi connectivity index (χ4n) is 0.546. The molecular formula is C8H9Br. The second-order valence-electron chi connectivity index (χ2n) is 1.65. The van der Waals surface area contributed by atoms with E-state index in [1.54, 1.807) is 24.3 Å². The van der Waals surface area contributed by atoms with Crippen LogP contribution in [0.25, 0.3) is 0 Å². The molecule has 0 spiro atoms. The zero-order valence-electron chi connectivity index (χ0n) is 8.76. The lowest BCUT2D eigenvalue weighted by atomic mass is 10.2. The molecule has 1 rings (SSSR count). The van der Waals surface area contributed by atoms with Crippen LogP contribution in [-0.2, 0) is 6.37 Å². The first-order valence-corrected chi connectivity index (χ1v) is 3.34. The van der Waals surface area contributed by atoms with Crippen LogP contribution in [0.2, 0.25) is 0 Å². The van der Waals surface area contributed by atoms with Crippen LogP contribution in [0.5, 0.6) is 0 Å². The molecule has 0 aliphatic rings. The van der Waals surface area contributed by atoms with Crippen LogP contribution >= 0.6 is 15.9 Å². The van der Waals surface area contributed by atoms with Gasteiger partial charge < -0.3 is 0 Å². The van der Waals surface area contributed by atoms with Gasteiger partial charge in [0.2, 0.25) is 0 Å². The third-order valence-electron chi connectivity index (χ3n) is 1.01. The van der Waals surface area contributed by atoms with E-state index in [0.29, 0.717) is 5.56 Å². The minimum absolute atomic E-state index is 0.366. The molecule has 1 heteroatoms. The second-order valence-corrected chi connectivity index (χ2v) is 2.57. The van der Waals surface area contributed by atoms with Crippen molar-refractivity contribution in [2.45, 2.75) is 13.2 Å². The van der Waals surface area contributed by atoms with Crippen molar-refractivity contribution in [3.8, 4) is 0 Å². The summed E-state index contributed by atoms with van der Waals surface area (Å²) in [5, 5.41) is 0. The summed E-state index contributed by atoms with van der Waals surface area (Å²) in [7, 11) is 0. The Bertz CT molecular complexity index is 281. The molecule has 0 amide bonds. The average molecular weight is 189 g/mol. The minimum atomic E-state index is -1.90. The van der Waals surface area contributed by atoms with Gasteiger partial charge in [-0.1, -0.05) is 34.9 Å². The Morgan fingerprint density at radius 3 is 2.78 bits per heavy atom. The van der Waals surface area contributed by atoms with Gasteiger partial charge >= 0.3 is 0 Å². The van der Waals surface area contributed by atoms with Crippen molar-refractivity contribution in [3.63, 3.8) is 0 Å². The second kappa shape index (κ2) is 3.02. The smallest absolute Gasteiger partial charge is 0.0313 e. The molecule has 0 atom stereocenters. The molecule has 0 aromatic heterocycles. The van der Waals surface area contributed by atoms with E-state index in [9.17, 15) is 0 Å². The SMILES string of the molecule is [2H]C([2H])C([2H])([2H])c1ccc(Br)cc1. The van der Waals surface area contributed by atoms with Gasteiger partial charge in [0.1, 0.15) is 0 Å². The fourth-order valence-corrected chi connectivity index (χ4v) is 0.810. The van der Waals surface area contributed by atoms with E-state index in [4.69, 9.17) is 5.48 Å². The first-order valence-electron chi connectivity index (χ1n) is 4.70. The van der Waals surface area contributed by atoms with Gasteiger partial charge in [0, 0.05) is 9.96 Å². The van der Waals surface area contributed by atoms with E-state index in [1.807, 2.05) is 0 Å². The summed E-state index contributed by atoms with van der Waals surface area (Å²) in [4.78, 5) is 0. The molecule has 48 valence electrons. The van der Waals surface area contributed by atoms with Crippen molar-refractivity contribution in [2.24, 2.45) is 0 Å². The molecule has 0 fully saturated rings. The van der Waals surface area contributed by atoms with Crippen molar-refractivity contribution in [1.82, 2.24) is 0 Å².